The van der Waals surface area contributed by atoms with Crippen molar-refractivity contribution < 1.29 is 14.5 Å². The summed E-state index contributed by atoms with van der Waals surface area (Å²) in [5, 5.41) is 20.7. The summed E-state index contributed by atoms with van der Waals surface area (Å²) in [7, 11) is 0. The van der Waals surface area contributed by atoms with Gasteiger partial charge < -0.3 is 0 Å². The lowest BCUT2D eigenvalue weighted by molar-refractivity contribution is -0.385. The topological polar surface area (TPSA) is 137 Å². The minimum Gasteiger partial charge on any atom is -0.295 e. The summed E-state index contributed by atoms with van der Waals surface area (Å²) in [5.74, 6) is -1.02. The zero-order valence-electron chi connectivity index (χ0n) is 12.0. The number of rotatable bonds is 2. The van der Waals surface area contributed by atoms with Gasteiger partial charge in [-0.2, -0.15) is 4.68 Å². The van der Waals surface area contributed by atoms with Crippen LogP contribution < -0.4 is 10.9 Å². The fraction of sp³-hybridized carbons (Fsp3) is 0.308. The average Bonchev–Trinajstić information content (AvgIpc) is 2.48. The molecule has 1 aromatic heterocycles. The molecule has 2 aromatic rings. The quantitative estimate of drug-likeness (QED) is 0.467. The molecule has 118 valence electrons. The molecule has 2 heterocycles. The van der Waals surface area contributed by atoms with Gasteiger partial charge in [-0.15, -0.1) is 5.10 Å². The summed E-state index contributed by atoms with van der Waals surface area (Å²) in [4.78, 5) is 45.9. The van der Waals surface area contributed by atoms with Gasteiger partial charge >= 0.3 is 0 Å². The molecule has 10 nitrogen and oxygen atoms in total. The number of hydrogen-bond donors (Lipinski definition) is 1. The number of carbonyl (C=O) groups excluding carboxylic acids is 2. The fourth-order valence-electron chi connectivity index (χ4n) is 2.52. The van der Waals surface area contributed by atoms with Crippen molar-refractivity contribution in [2.75, 3.05) is 0 Å². The molecular formula is C13H11N5O5. The predicted octanol–water partition coefficient (Wildman–Crippen LogP) is -0.0142. The third-order valence-electron chi connectivity index (χ3n) is 3.70. The first-order chi connectivity index (χ1) is 10.9. The molecular weight excluding hydrogens is 306 g/mol. The number of nitrogens with zero attached hydrogens (tertiary/aromatic N) is 4. The number of aryl methyl sites for hydroxylation is 1. The number of nitro groups is 1. The molecule has 1 aliphatic heterocycles. The lowest BCUT2D eigenvalue weighted by Gasteiger charge is -2.21. The van der Waals surface area contributed by atoms with E-state index in [0.717, 1.165) is 4.68 Å². The molecule has 1 N–H and O–H groups in total. The maximum atomic E-state index is 12.5. The van der Waals surface area contributed by atoms with E-state index in [4.69, 9.17) is 0 Å². The van der Waals surface area contributed by atoms with E-state index in [1.165, 1.54) is 19.1 Å². The first kappa shape index (κ1) is 14.8. The monoisotopic (exact) mass is 317 g/mol. The highest BCUT2D eigenvalue weighted by molar-refractivity contribution is 5.99. The summed E-state index contributed by atoms with van der Waals surface area (Å²) in [6.07, 6.45) is 0.249. The van der Waals surface area contributed by atoms with Crippen LogP contribution in [0.15, 0.2) is 16.9 Å². The van der Waals surface area contributed by atoms with E-state index in [9.17, 15) is 24.5 Å². The minimum absolute atomic E-state index is 0.0795. The summed E-state index contributed by atoms with van der Waals surface area (Å²) >= 11 is 0. The van der Waals surface area contributed by atoms with Crippen molar-refractivity contribution in [1.29, 1.82) is 0 Å². The number of aromatic nitrogens is 3. The molecule has 0 saturated carbocycles. The Bertz CT molecular complexity index is 919. The Labute approximate surface area is 128 Å². The number of nitro benzene ring substituents is 1. The first-order valence-corrected chi connectivity index (χ1v) is 6.76. The Kier molecular flexibility index (Phi) is 3.36. The molecule has 10 heteroatoms. The number of hydrogen-bond acceptors (Lipinski definition) is 7. The maximum Gasteiger partial charge on any atom is 0.278 e. The van der Waals surface area contributed by atoms with Crippen LogP contribution in [0, 0.1) is 17.0 Å². The van der Waals surface area contributed by atoms with Gasteiger partial charge in [-0.3, -0.25) is 29.8 Å². The number of nitrogens with one attached hydrogen (secondary N) is 1. The average molecular weight is 317 g/mol. The number of fused-ring (bicyclic) bond motifs is 1. The molecule has 1 fully saturated rings. The molecule has 1 aromatic carbocycles. The number of piperidine rings is 1. The minimum atomic E-state index is -0.924. The van der Waals surface area contributed by atoms with E-state index in [1.54, 1.807) is 0 Å². The maximum absolute atomic E-state index is 12.5. The Morgan fingerprint density at radius 3 is 2.74 bits per heavy atom. The van der Waals surface area contributed by atoms with Crippen molar-refractivity contribution >= 4 is 28.4 Å². The standard InChI is InChI=1S/C13H11N5O5/c1-6-4-7-8(5-10(6)18(22)23)15-16-17(13(7)21)9-2-3-11(19)14-12(9)20/h4-5,9H,2-3H2,1H3,(H,14,19,20). The highest BCUT2D eigenvalue weighted by Crippen LogP contribution is 2.22. The zero-order valence-corrected chi connectivity index (χ0v) is 12.0. The molecule has 3 rings (SSSR count). The van der Waals surface area contributed by atoms with E-state index in [-0.39, 0.29) is 29.4 Å². The normalized spacial score (nSPS) is 18.0. The van der Waals surface area contributed by atoms with Gasteiger partial charge in [-0.1, -0.05) is 5.21 Å². The van der Waals surface area contributed by atoms with E-state index < -0.39 is 28.3 Å². The van der Waals surface area contributed by atoms with Crippen LogP contribution in [0.4, 0.5) is 5.69 Å². The molecule has 2 amide bonds. The van der Waals surface area contributed by atoms with Gasteiger partial charge in [0.25, 0.3) is 17.2 Å². The van der Waals surface area contributed by atoms with Gasteiger partial charge in [0.15, 0.2) is 0 Å². The largest absolute Gasteiger partial charge is 0.295 e. The number of imide groups is 1. The van der Waals surface area contributed by atoms with Crippen molar-refractivity contribution in [3.05, 3.63) is 38.2 Å². The molecule has 0 aliphatic carbocycles. The lowest BCUT2D eigenvalue weighted by Crippen LogP contribution is -2.45. The van der Waals surface area contributed by atoms with E-state index in [2.05, 4.69) is 15.6 Å². The summed E-state index contributed by atoms with van der Waals surface area (Å²) in [5.41, 5.74) is -0.356. The fourth-order valence-corrected chi connectivity index (χ4v) is 2.52. The van der Waals surface area contributed by atoms with Gasteiger partial charge in [-0.05, 0) is 19.4 Å². The molecule has 0 bridgehead atoms. The van der Waals surface area contributed by atoms with Crippen LogP contribution in [0.25, 0.3) is 10.9 Å². The van der Waals surface area contributed by atoms with Crippen molar-refractivity contribution in [2.24, 2.45) is 0 Å². The third kappa shape index (κ3) is 2.43. The van der Waals surface area contributed by atoms with Gasteiger partial charge in [-0.25, -0.2) is 0 Å². The third-order valence-corrected chi connectivity index (χ3v) is 3.70. The number of amides is 2. The van der Waals surface area contributed by atoms with E-state index >= 15 is 0 Å². The van der Waals surface area contributed by atoms with Crippen LogP contribution in [-0.4, -0.2) is 31.7 Å². The zero-order chi connectivity index (χ0) is 16.7. The molecule has 1 atom stereocenters. The smallest absolute Gasteiger partial charge is 0.278 e. The van der Waals surface area contributed by atoms with Gasteiger partial charge in [0, 0.05) is 18.1 Å². The SMILES string of the molecule is Cc1cc2c(=O)n(C3CCC(=O)NC3=O)nnc2cc1[N+](=O)[O-]. The van der Waals surface area contributed by atoms with Gasteiger partial charge in [0.1, 0.15) is 11.6 Å². The van der Waals surface area contributed by atoms with Crippen molar-refractivity contribution in [3.8, 4) is 0 Å². The highest BCUT2D eigenvalue weighted by atomic mass is 16.6. The van der Waals surface area contributed by atoms with Crippen molar-refractivity contribution in [3.63, 3.8) is 0 Å². The molecule has 0 radical (unpaired) electrons. The molecule has 23 heavy (non-hydrogen) atoms. The predicted molar refractivity (Wildman–Crippen MR) is 76.6 cm³/mol. The lowest BCUT2D eigenvalue weighted by atomic mass is 10.1. The van der Waals surface area contributed by atoms with Crippen LogP contribution >= 0.6 is 0 Å². The van der Waals surface area contributed by atoms with Crippen LogP contribution in [0.3, 0.4) is 0 Å². The Hall–Kier alpha value is -3.17. The summed E-state index contributed by atoms with van der Waals surface area (Å²) in [6, 6.07) is 1.60. The molecule has 1 aliphatic rings. The van der Waals surface area contributed by atoms with Gasteiger partial charge in [0.05, 0.1) is 10.3 Å². The first-order valence-electron chi connectivity index (χ1n) is 6.76. The second-order valence-corrected chi connectivity index (χ2v) is 5.22. The number of benzene rings is 1. The van der Waals surface area contributed by atoms with E-state index in [1.807, 2.05) is 0 Å². The van der Waals surface area contributed by atoms with E-state index in [0.29, 0.717) is 5.56 Å². The Morgan fingerprint density at radius 1 is 1.35 bits per heavy atom. The summed E-state index contributed by atoms with van der Waals surface area (Å²) < 4.78 is 0.912. The van der Waals surface area contributed by atoms with Crippen LogP contribution in [-0.2, 0) is 9.59 Å². The Morgan fingerprint density at radius 2 is 2.09 bits per heavy atom. The van der Waals surface area contributed by atoms with Crippen molar-refractivity contribution in [1.82, 2.24) is 20.3 Å². The molecule has 1 unspecified atom stereocenters. The summed E-state index contributed by atoms with van der Waals surface area (Å²) in [6.45, 7) is 1.51. The van der Waals surface area contributed by atoms with Crippen LogP contribution in [0.5, 0.6) is 0 Å². The van der Waals surface area contributed by atoms with Crippen LogP contribution in [0.2, 0.25) is 0 Å². The van der Waals surface area contributed by atoms with Gasteiger partial charge in [0.2, 0.25) is 5.91 Å². The Balaban J connectivity index is 2.14. The second-order valence-electron chi connectivity index (χ2n) is 5.22. The van der Waals surface area contributed by atoms with Crippen LogP contribution in [0.1, 0.15) is 24.4 Å². The van der Waals surface area contributed by atoms with Crippen molar-refractivity contribution in [2.45, 2.75) is 25.8 Å². The highest BCUT2D eigenvalue weighted by Gasteiger charge is 2.30. The molecule has 1 saturated heterocycles. The molecule has 0 spiro atoms. The number of carbonyl (C=O) groups is 2. The second kappa shape index (κ2) is 5.23.